The summed E-state index contributed by atoms with van der Waals surface area (Å²) in [5.41, 5.74) is -0.485. The third-order valence-corrected chi connectivity index (χ3v) is 1.69. The van der Waals surface area contributed by atoms with E-state index in [0.29, 0.717) is 12.3 Å². The number of hydrogen-bond acceptors (Lipinski definition) is 4. The maximum Gasteiger partial charge on any atom is 0.422 e. The van der Waals surface area contributed by atoms with Crippen LogP contribution in [0.15, 0.2) is 12.3 Å². The Bertz CT molecular complexity index is 434. The Morgan fingerprint density at radius 1 is 1.44 bits per heavy atom. The van der Waals surface area contributed by atoms with Gasteiger partial charge < -0.3 is 9.47 Å². The Morgan fingerprint density at radius 2 is 2.11 bits per heavy atom. The molecule has 0 bridgehead atoms. The van der Waals surface area contributed by atoms with Crippen LogP contribution >= 0.6 is 0 Å². The van der Waals surface area contributed by atoms with Gasteiger partial charge in [-0.3, -0.25) is 0 Å². The summed E-state index contributed by atoms with van der Waals surface area (Å²) in [5, 5.41) is 0. The molecule has 0 aromatic carbocycles. The largest absolute Gasteiger partial charge is 0.467 e. The molecule has 0 spiro atoms. The molecule has 0 unspecified atom stereocenters. The summed E-state index contributed by atoms with van der Waals surface area (Å²) in [7, 11) is 0. The summed E-state index contributed by atoms with van der Waals surface area (Å²) in [6, 6.07) is 0.705. The molecular weight excluding hydrogens is 258 g/mol. The lowest BCUT2D eigenvalue weighted by Gasteiger charge is -2.11. The molecule has 0 atom stereocenters. The first kappa shape index (κ1) is 14.2. The van der Waals surface area contributed by atoms with E-state index in [1.54, 1.807) is 0 Å². The first-order valence-corrected chi connectivity index (χ1v) is 4.85. The van der Waals surface area contributed by atoms with Crippen molar-refractivity contribution >= 4 is 5.97 Å². The van der Waals surface area contributed by atoms with E-state index in [0.717, 1.165) is 0 Å². The van der Waals surface area contributed by atoms with Crippen LogP contribution in [-0.2, 0) is 4.74 Å². The SMILES string of the molecule is CCOC(=O)c1cc(F)cnc1OCC(F)(F)F. The fourth-order valence-corrected chi connectivity index (χ4v) is 1.05. The molecule has 0 aliphatic heterocycles. The molecule has 1 aromatic heterocycles. The van der Waals surface area contributed by atoms with Crippen LogP contribution in [-0.4, -0.2) is 30.3 Å². The molecule has 1 aromatic rings. The lowest BCUT2D eigenvalue weighted by Crippen LogP contribution is -2.21. The molecule has 8 heteroatoms. The normalized spacial score (nSPS) is 11.2. The van der Waals surface area contributed by atoms with Crippen molar-refractivity contribution in [2.24, 2.45) is 0 Å². The Labute approximate surface area is 99.5 Å². The van der Waals surface area contributed by atoms with Crippen LogP contribution in [0.2, 0.25) is 0 Å². The molecular formula is C10H9F4NO3. The number of hydrogen-bond donors (Lipinski definition) is 0. The summed E-state index contributed by atoms with van der Waals surface area (Å²) < 4.78 is 57.6. The van der Waals surface area contributed by atoms with Crippen LogP contribution in [0.5, 0.6) is 5.88 Å². The smallest absolute Gasteiger partial charge is 0.422 e. The number of rotatable bonds is 4. The van der Waals surface area contributed by atoms with Crippen molar-refractivity contribution in [2.75, 3.05) is 13.2 Å². The first-order valence-electron chi connectivity index (χ1n) is 4.85. The predicted molar refractivity (Wildman–Crippen MR) is 51.7 cm³/mol. The number of pyridine rings is 1. The molecule has 0 saturated heterocycles. The Balaban J connectivity index is 2.93. The fourth-order valence-electron chi connectivity index (χ4n) is 1.05. The van der Waals surface area contributed by atoms with Gasteiger partial charge in [0.1, 0.15) is 11.4 Å². The number of carbonyl (C=O) groups excluding carboxylic acids is 1. The molecule has 0 fully saturated rings. The van der Waals surface area contributed by atoms with E-state index in [1.807, 2.05) is 0 Å². The van der Waals surface area contributed by atoms with Crippen molar-refractivity contribution in [1.82, 2.24) is 4.98 Å². The Kier molecular flexibility index (Phi) is 4.46. The van der Waals surface area contributed by atoms with Crippen LogP contribution in [0, 0.1) is 5.82 Å². The minimum Gasteiger partial charge on any atom is -0.467 e. The van der Waals surface area contributed by atoms with Gasteiger partial charge in [0.25, 0.3) is 0 Å². The number of alkyl halides is 3. The second-order valence-electron chi connectivity index (χ2n) is 3.13. The number of esters is 1. The minimum atomic E-state index is -4.58. The molecule has 18 heavy (non-hydrogen) atoms. The molecule has 0 radical (unpaired) electrons. The third kappa shape index (κ3) is 4.19. The number of halogens is 4. The van der Waals surface area contributed by atoms with E-state index < -0.39 is 36.0 Å². The highest BCUT2D eigenvalue weighted by Gasteiger charge is 2.30. The molecule has 0 N–H and O–H groups in total. The van der Waals surface area contributed by atoms with Crippen molar-refractivity contribution < 1.29 is 31.8 Å². The van der Waals surface area contributed by atoms with E-state index in [4.69, 9.17) is 0 Å². The van der Waals surface area contributed by atoms with Crippen molar-refractivity contribution in [3.05, 3.63) is 23.6 Å². The van der Waals surface area contributed by atoms with Gasteiger partial charge in [0.2, 0.25) is 5.88 Å². The highest BCUT2D eigenvalue weighted by molar-refractivity contribution is 5.91. The van der Waals surface area contributed by atoms with Gasteiger partial charge in [-0.1, -0.05) is 0 Å². The van der Waals surface area contributed by atoms with Crippen molar-refractivity contribution in [3.63, 3.8) is 0 Å². The molecule has 1 heterocycles. The molecule has 1 rings (SSSR count). The molecule has 100 valence electrons. The van der Waals surface area contributed by atoms with E-state index >= 15 is 0 Å². The van der Waals surface area contributed by atoms with Gasteiger partial charge in [0, 0.05) is 0 Å². The summed E-state index contributed by atoms with van der Waals surface area (Å²) in [6.07, 6.45) is -3.93. The number of ether oxygens (including phenoxy) is 2. The maximum atomic E-state index is 12.9. The molecule has 0 amide bonds. The Morgan fingerprint density at radius 3 is 2.67 bits per heavy atom. The predicted octanol–water partition coefficient (Wildman–Crippen LogP) is 2.34. The van der Waals surface area contributed by atoms with Gasteiger partial charge in [-0.15, -0.1) is 0 Å². The van der Waals surface area contributed by atoms with Crippen molar-refractivity contribution in [3.8, 4) is 5.88 Å². The zero-order chi connectivity index (χ0) is 13.8. The highest BCUT2D eigenvalue weighted by atomic mass is 19.4. The second kappa shape index (κ2) is 5.65. The van der Waals surface area contributed by atoms with Gasteiger partial charge >= 0.3 is 12.1 Å². The summed E-state index contributed by atoms with van der Waals surface area (Å²) in [5.74, 6) is -2.49. The second-order valence-corrected chi connectivity index (χ2v) is 3.13. The molecule has 0 aliphatic carbocycles. The van der Waals surface area contributed by atoms with Crippen LogP contribution in [0.3, 0.4) is 0 Å². The topological polar surface area (TPSA) is 48.4 Å². The van der Waals surface area contributed by atoms with E-state index in [9.17, 15) is 22.4 Å². The monoisotopic (exact) mass is 267 g/mol. The number of aromatic nitrogens is 1. The number of nitrogens with zero attached hydrogens (tertiary/aromatic N) is 1. The number of carbonyl (C=O) groups is 1. The van der Waals surface area contributed by atoms with E-state index in [2.05, 4.69) is 14.5 Å². The van der Waals surface area contributed by atoms with Crippen LogP contribution < -0.4 is 4.74 Å². The van der Waals surface area contributed by atoms with Gasteiger partial charge in [-0.25, -0.2) is 14.2 Å². The summed E-state index contributed by atoms with van der Waals surface area (Å²) in [6.45, 7) is -0.132. The Hall–Kier alpha value is -1.86. The van der Waals surface area contributed by atoms with Crippen LogP contribution in [0.25, 0.3) is 0 Å². The van der Waals surface area contributed by atoms with Crippen LogP contribution in [0.1, 0.15) is 17.3 Å². The van der Waals surface area contributed by atoms with Gasteiger partial charge in [0.05, 0.1) is 12.8 Å². The lowest BCUT2D eigenvalue weighted by atomic mass is 10.2. The summed E-state index contributed by atoms with van der Waals surface area (Å²) in [4.78, 5) is 14.6. The average molecular weight is 267 g/mol. The lowest BCUT2D eigenvalue weighted by molar-refractivity contribution is -0.154. The van der Waals surface area contributed by atoms with Crippen molar-refractivity contribution in [2.45, 2.75) is 13.1 Å². The maximum absolute atomic E-state index is 12.9. The minimum absolute atomic E-state index is 0.00590. The van der Waals surface area contributed by atoms with Gasteiger partial charge in [0.15, 0.2) is 6.61 Å². The molecule has 0 aliphatic rings. The third-order valence-electron chi connectivity index (χ3n) is 1.69. The van der Waals surface area contributed by atoms with Gasteiger partial charge in [-0.2, -0.15) is 13.2 Å². The zero-order valence-electron chi connectivity index (χ0n) is 9.25. The quantitative estimate of drug-likeness (QED) is 0.620. The molecule has 4 nitrogen and oxygen atoms in total. The summed E-state index contributed by atoms with van der Waals surface area (Å²) >= 11 is 0. The van der Waals surface area contributed by atoms with E-state index in [1.165, 1.54) is 6.92 Å². The zero-order valence-corrected chi connectivity index (χ0v) is 9.25. The van der Waals surface area contributed by atoms with E-state index in [-0.39, 0.29) is 6.61 Å². The highest BCUT2D eigenvalue weighted by Crippen LogP contribution is 2.21. The fraction of sp³-hybridized carbons (Fsp3) is 0.400. The average Bonchev–Trinajstić information content (AvgIpc) is 2.26. The molecule has 0 saturated carbocycles. The van der Waals surface area contributed by atoms with Crippen molar-refractivity contribution in [1.29, 1.82) is 0 Å². The van der Waals surface area contributed by atoms with Crippen LogP contribution in [0.4, 0.5) is 17.6 Å². The first-order chi connectivity index (χ1) is 8.33. The standard InChI is InChI=1S/C10H9F4NO3/c1-2-17-9(16)7-3-6(11)4-15-8(7)18-5-10(12,13)14/h3-4H,2,5H2,1H3. The van der Waals surface area contributed by atoms with Gasteiger partial charge in [-0.05, 0) is 13.0 Å².